The molecule has 0 saturated heterocycles. The fourth-order valence-corrected chi connectivity index (χ4v) is 2.38. The minimum absolute atomic E-state index is 0.835. The summed E-state index contributed by atoms with van der Waals surface area (Å²) in [6, 6.07) is 2.13. The van der Waals surface area contributed by atoms with Gasteiger partial charge in [0.25, 0.3) is 0 Å². The van der Waals surface area contributed by atoms with Gasteiger partial charge in [0.15, 0.2) is 0 Å². The lowest BCUT2D eigenvalue weighted by Gasteiger charge is -2.04. The normalized spacial score (nSPS) is 11.1. The molecule has 17 heavy (non-hydrogen) atoms. The Morgan fingerprint density at radius 2 is 2.24 bits per heavy atom. The first kappa shape index (κ1) is 12.4. The van der Waals surface area contributed by atoms with Crippen molar-refractivity contribution in [3.05, 3.63) is 39.9 Å². The average molecular weight is 297 g/mol. The van der Waals surface area contributed by atoms with Crippen LogP contribution in [0.15, 0.2) is 22.9 Å². The second-order valence-corrected chi connectivity index (χ2v) is 4.99. The first-order valence-corrected chi connectivity index (χ1v) is 6.38. The Balaban J connectivity index is 2.19. The number of nitrogens with zero attached hydrogens (tertiary/aromatic N) is 3. The molecule has 0 saturated carbocycles. The fraction of sp³-hybridized carbons (Fsp3) is 0.417. The molecule has 1 N–H and O–H groups in total. The van der Waals surface area contributed by atoms with E-state index < -0.39 is 0 Å². The molecule has 0 aliphatic carbocycles. The number of aryl methyl sites for hydroxylation is 2. The van der Waals surface area contributed by atoms with E-state index in [-0.39, 0.29) is 0 Å². The Morgan fingerprint density at radius 1 is 1.47 bits per heavy atom. The summed E-state index contributed by atoms with van der Waals surface area (Å²) in [5, 5.41) is 7.54. The Labute approximate surface area is 110 Å². The molecule has 92 valence electrons. The molecule has 2 rings (SSSR count). The molecule has 0 unspecified atom stereocenters. The minimum atomic E-state index is 0.835. The molecule has 2 aromatic heterocycles. The molecule has 0 radical (unpaired) electrons. The standard InChI is InChI=1S/C12H17BrN4/c1-9-12(13)11(16(3)15-9)8-17-5-4-10(7-17)6-14-2/h4-5,7,14H,6,8H2,1-3H3. The Hall–Kier alpha value is -1.07. The molecule has 0 aliphatic heterocycles. The molecule has 0 aliphatic rings. The van der Waals surface area contributed by atoms with Gasteiger partial charge in [-0.15, -0.1) is 0 Å². The van der Waals surface area contributed by atoms with Crippen molar-refractivity contribution in [2.45, 2.75) is 20.0 Å². The maximum atomic E-state index is 4.39. The van der Waals surface area contributed by atoms with Gasteiger partial charge in [-0.25, -0.2) is 0 Å². The number of hydrogen-bond donors (Lipinski definition) is 1. The third-order valence-corrected chi connectivity index (χ3v) is 3.82. The van der Waals surface area contributed by atoms with E-state index in [1.54, 1.807) is 0 Å². The second kappa shape index (κ2) is 5.06. The molecule has 4 nitrogen and oxygen atoms in total. The first-order chi connectivity index (χ1) is 8.11. The van der Waals surface area contributed by atoms with E-state index in [9.17, 15) is 0 Å². The monoisotopic (exact) mass is 296 g/mol. The van der Waals surface area contributed by atoms with Crippen LogP contribution in [0.5, 0.6) is 0 Å². The predicted octanol–water partition coefficient (Wildman–Crippen LogP) is 2.06. The lowest BCUT2D eigenvalue weighted by Crippen LogP contribution is -2.06. The number of halogens is 1. The summed E-state index contributed by atoms with van der Waals surface area (Å²) in [6.07, 6.45) is 4.26. The van der Waals surface area contributed by atoms with Crippen LogP contribution < -0.4 is 5.32 Å². The van der Waals surface area contributed by atoms with Crippen LogP contribution >= 0.6 is 15.9 Å². The van der Waals surface area contributed by atoms with Gasteiger partial charge in [0.1, 0.15) is 0 Å². The van der Waals surface area contributed by atoms with E-state index in [4.69, 9.17) is 0 Å². The summed E-state index contributed by atoms with van der Waals surface area (Å²) in [4.78, 5) is 0. The van der Waals surface area contributed by atoms with Gasteiger partial charge in [-0.05, 0) is 41.5 Å². The third-order valence-electron chi connectivity index (χ3n) is 2.79. The quantitative estimate of drug-likeness (QED) is 0.937. The van der Waals surface area contributed by atoms with Crippen LogP contribution in [0.4, 0.5) is 0 Å². The van der Waals surface area contributed by atoms with E-state index in [0.717, 1.165) is 23.3 Å². The number of aromatic nitrogens is 3. The Bertz CT molecular complexity index is 513. The van der Waals surface area contributed by atoms with Crippen LogP contribution in [0, 0.1) is 6.92 Å². The largest absolute Gasteiger partial charge is 0.348 e. The van der Waals surface area contributed by atoms with Crippen molar-refractivity contribution in [1.29, 1.82) is 0 Å². The van der Waals surface area contributed by atoms with Gasteiger partial charge in [0.05, 0.1) is 22.4 Å². The van der Waals surface area contributed by atoms with E-state index in [1.807, 2.05) is 25.7 Å². The summed E-state index contributed by atoms with van der Waals surface area (Å²) >= 11 is 3.59. The minimum Gasteiger partial charge on any atom is -0.348 e. The van der Waals surface area contributed by atoms with Crippen molar-refractivity contribution in [2.75, 3.05) is 7.05 Å². The van der Waals surface area contributed by atoms with Gasteiger partial charge in [-0.3, -0.25) is 4.68 Å². The van der Waals surface area contributed by atoms with E-state index in [2.05, 4.69) is 49.4 Å². The Kier molecular flexibility index (Phi) is 3.69. The fourth-order valence-electron chi connectivity index (χ4n) is 1.92. The molecule has 0 aromatic carbocycles. The first-order valence-electron chi connectivity index (χ1n) is 5.59. The van der Waals surface area contributed by atoms with Crippen molar-refractivity contribution in [3.63, 3.8) is 0 Å². The van der Waals surface area contributed by atoms with E-state index >= 15 is 0 Å². The molecule has 0 amide bonds. The highest BCUT2D eigenvalue weighted by Gasteiger charge is 2.10. The highest BCUT2D eigenvalue weighted by Crippen LogP contribution is 2.21. The van der Waals surface area contributed by atoms with Gasteiger partial charge in [-0.1, -0.05) is 0 Å². The van der Waals surface area contributed by atoms with Gasteiger partial charge >= 0.3 is 0 Å². The topological polar surface area (TPSA) is 34.8 Å². The Morgan fingerprint density at radius 3 is 2.82 bits per heavy atom. The van der Waals surface area contributed by atoms with Gasteiger partial charge in [0.2, 0.25) is 0 Å². The molecule has 0 atom stereocenters. The van der Waals surface area contributed by atoms with Gasteiger partial charge < -0.3 is 9.88 Å². The zero-order valence-corrected chi connectivity index (χ0v) is 12.0. The number of nitrogens with one attached hydrogen (secondary N) is 1. The van der Waals surface area contributed by atoms with Crippen molar-refractivity contribution < 1.29 is 0 Å². The van der Waals surface area contributed by atoms with Crippen LogP contribution in [0.25, 0.3) is 0 Å². The summed E-state index contributed by atoms with van der Waals surface area (Å²) in [5.41, 5.74) is 3.52. The average Bonchev–Trinajstić information content (AvgIpc) is 2.81. The molecule has 0 fully saturated rings. The maximum Gasteiger partial charge on any atom is 0.0739 e. The van der Waals surface area contributed by atoms with Crippen molar-refractivity contribution in [3.8, 4) is 0 Å². The van der Waals surface area contributed by atoms with Gasteiger partial charge in [-0.2, -0.15) is 5.10 Å². The zero-order chi connectivity index (χ0) is 12.4. The smallest absolute Gasteiger partial charge is 0.0739 e. The highest BCUT2D eigenvalue weighted by atomic mass is 79.9. The summed E-state index contributed by atoms with van der Waals surface area (Å²) in [5.74, 6) is 0. The summed E-state index contributed by atoms with van der Waals surface area (Å²) in [6.45, 7) is 3.75. The lowest BCUT2D eigenvalue weighted by atomic mass is 10.3. The molecular formula is C12H17BrN4. The van der Waals surface area contributed by atoms with Crippen LogP contribution in [0.1, 0.15) is 17.0 Å². The lowest BCUT2D eigenvalue weighted by molar-refractivity contribution is 0.662. The van der Waals surface area contributed by atoms with Crippen LogP contribution in [-0.2, 0) is 20.1 Å². The second-order valence-electron chi connectivity index (χ2n) is 4.19. The van der Waals surface area contributed by atoms with Crippen molar-refractivity contribution in [2.24, 2.45) is 7.05 Å². The highest BCUT2D eigenvalue weighted by molar-refractivity contribution is 9.10. The molecule has 0 bridgehead atoms. The molecule has 5 heteroatoms. The molecule has 0 spiro atoms. The van der Waals surface area contributed by atoms with E-state index in [0.29, 0.717) is 0 Å². The number of rotatable bonds is 4. The van der Waals surface area contributed by atoms with Crippen molar-refractivity contribution in [1.82, 2.24) is 19.7 Å². The van der Waals surface area contributed by atoms with Gasteiger partial charge in [0, 0.05) is 26.0 Å². The van der Waals surface area contributed by atoms with Crippen LogP contribution in [0.3, 0.4) is 0 Å². The molecule has 2 heterocycles. The maximum absolute atomic E-state index is 4.39. The number of hydrogen-bond acceptors (Lipinski definition) is 2. The third kappa shape index (κ3) is 2.61. The van der Waals surface area contributed by atoms with Crippen LogP contribution in [0.2, 0.25) is 0 Å². The zero-order valence-electron chi connectivity index (χ0n) is 10.4. The SMILES string of the molecule is CNCc1ccn(Cc2c(Br)c(C)nn2C)c1. The predicted molar refractivity (Wildman–Crippen MR) is 71.9 cm³/mol. The van der Waals surface area contributed by atoms with E-state index in [1.165, 1.54) is 11.3 Å². The summed E-state index contributed by atoms with van der Waals surface area (Å²) < 4.78 is 5.20. The summed E-state index contributed by atoms with van der Waals surface area (Å²) in [7, 11) is 3.93. The van der Waals surface area contributed by atoms with Crippen molar-refractivity contribution >= 4 is 15.9 Å². The molecular weight excluding hydrogens is 280 g/mol. The van der Waals surface area contributed by atoms with Crippen LogP contribution in [-0.4, -0.2) is 21.4 Å². The molecule has 2 aromatic rings.